The van der Waals surface area contributed by atoms with Crippen LogP contribution in [0, 0.1) is 11.7 Å². The maximum absolute atomic E-state index is 13.7. The Morgan fingerprint density at radius 1 is 1.50 bits per heavy atom. The zero-order valence-corrected chi connectivity index (χ0v) is 13.6. The van der Waals surface area contributed by atoms with Crippen molar-refractivity contribution in [1.29, 1.82) is 0 Å². The molecule has 1 unspecified atom stereocenters. The molecule has 4 nitrogen and oxygen atoms in total. The molecule has 0 aliphatic carbocycles. The predicted octanol–water partition coefficient (Wildman–Crippen LogP) is 2.52. The lowest BCUT2D eigenvalue weighted by Crippen LogP contribution is -2.43. The molecule has 1 heterocycles. The van der Waals surface area contributed by atoms with E-state index in [1.165, 1.54) is 19.6 Å². The molecule has 122 valence electrons. The number of ether oxygens (including phenoxy) is 1. The van der Waals surface area contributed by atoms with Gasteiger partial charge >= 0.3 is 0 Å². The molecule has 1 aromatic carbocycles. The lowest BCUT2D eigenvalue weighted by molar-refractivity contribution is -0.133. The number of likely N-dealkylation sites (N-methyl/N-ethyl adjacent to an activating group) is 1. The summed E-state index contributed by atoms with van der Waals surface area (Å²) >= 11 is 0. The molecule has 1 aromatic rings. The second-order valence-electron chi connectivity index (χ2n) is 6.23. The van der Waals surface area contributed by atoms with Crippen LogP contribution in [0.3, 0.4) is 0 Å². The number of methoxy groups -OCH3 is 1. The zero-order valence-electron chi connectivity index (χ0n) is 13.6. The first-order chi connectivity index (χ1) is 10.5. The molecule has 2 rings (SSSR count). The average molecular weight is 308 g/mol. The van der Waals surface area contributed by atoms with Gasteiger partial charge in [-0.2, -0.15) is 0 Å². The van der Waals surface area contributed by atoms with Crippen molar-refractivity contribution in [2.45, 2.75) is 26.3 Å². The monoisotopic (exact) mass is 308 g/mol. The van der Waals surface area contributed by atoms with Crippen molar-refractivity contribution in [1.82, 2.24) is 9.80 Å². The number of hydrogen-bond donors (Lipinski definition) is 0. The first kappa shape index (κ1) is 16.7. The zero-order chi connectivity index (χ0) is 16.1. The van der Waals surface area contributed by atoms with Crippen molar-refractivity contribution in [2.75, 3.05) is 33.8 Å². The van der Waals surface area contributed by atoms with Crippen molar-refractivity contribution in [3.8, 4) is 5.75 Å². The minimum Gasteiger partial charge on any atom is -0.494 e. The normalized spacial score (nSPS) is 18.6. The second kappa shape index (κ2) is 7.58. The van der Waals surface area contributed by atoms with E-state index in [4.69, 9.17) is 4.74 Å². The molecule has 22 heavy (non-hydrogen) atoms. The van der Waals surface area contributed by atoms with Crippen molar-refractivity contribution in [3.05, 3.63) is 29.6 Å². The molecule has 5 heteroatoms. The summed E-state index contributed by atoms with van der Waals surface area (Å²) in [6.07, 6.45) is 2.28. The SMILES string of the molecule is COc1ccc(CN(C)CC(=O)N2CCCC(C)C2)cc1F. The van der Waals surface area contributed by atoms with Crippen LogP contribution < -0.4 is 4.74 Å². The number of halogens is 1. The fraction of sp³-hybridized carbons (Fsp3) is 0.588. The lowest BCUT2D eigenvalue weighted by Gasteiger charge is -2.32. The largest absolute Gasteiger partial charge is 0.494 e. The Bertz CT molecular complexity index is 521. The lowest BCUT2D eigenvalue weighted by atomic mass is 10.0. The topological polar surface area (TPSA) is 32.8 Å². The minimum absolute atomic E-state index is 0.156. The summed E-state index contributed by atoms with van der Waals surface area (Å²) in [6, 6.07) is 4.90. The van der Waals surface area contributed by atoms with Gasteiger partial charge in [-0.3, -0.25) is 9.69 Å². The van der Waals surface area contributed by atoms with Crippen LogP contribution in [-0.4, -0.2) is 49.5 Å². The van der Waals surface area contributed by atoms with Crippen LogP contribution in [0.2, 0.25) is 0 Å². The molecule has 1 amide bonds. The average Bonchev–Trinajstić information content (AvgIpc) is 2.47. The first-order valence-corrected chi connectivity index (χ1v) is 7.78. The van der Waals surface area contributed by atoms with Gasteiger partial charge in [-0.15, -0.1) is 0 Å². The van der Waals surface area contributed by atoms with E-state index in [0.29, 0.717) is 19.0 Å². The standard InChI is InChI=1S/C17H25FN2O2/c1-13-5-4-8-20(10-13)17(21)12-19(2)11-14-6-7-16(22-3)15(18)9-14/h6-7,9,13H,4-5,8,10-12H2,1-3H3. The summed E-state index contributed by atoms with van der Waals surface area (Å²) in [7, 11) is 3.33. The number of carbonyl (C=O) groups excluding carboxylic acids is 1. The van der Waals surface area contributed by atoms with Gasteiger partial charge in [0.1, 0.15) is 0 Å². The molecule has 1 aliphatic rings. The summed E-state index contributed by atoms with van der Waals surface area (Å²) in [5.41, 5.74) is 0.834. The summed E-state index contributed by atoms with van der Waals surface area (Å²) in [5.74, 6) is 0.607. The van der Waals surface area contributed by atoms with Crippen LogP contribution in [-0.2, 0) is 11.3 Å². The number of nitrogens with zero attached hydrogens (tertiary/aromatic N) is 2. The third-order valence-corrected chi connectivity index (χ3v) is 4.08. The number of rotatable bonds is 5. The summed E-state index contributed by atoms with van der Waals surface area (Å²) in [6.45, 7) is 4.79. The third-order valence-electron chi connectivity index (χ3n) is 4.08. The van der Waals surface area contributed by atoms with Crippen molar-refractivity contribution < 1.29 is 13.9 Å². The molecule has 0 aromatic heterocycles. The van der Waals surface area contributed by atoms with Gasteiger partial charge in [-0.1, -0.05) is 13.0 Å². The van der Waals surface area contributed by atoms with Gasteiger partial charge in [0.25, 0.3) is 0 Å². The molecular formula is C17H25FN2O2. The third kappa shape index (κ3) is 4.44. The van der Waals surface area contributed by atoms with E-state index in [-0.39, 0.29) is 17.5 Å². The van der Waals surface area contributed by atoms with Gasteiger partial charge in [0, 0.05) is 19.6 Å². The van der Waals surface area contributed by atoms with Crippen LogP contribution >= 0.6 is 0 Å². The number of amides is 1. The highest BCUT2D eigenvalue weighted by Gasteiger charge is 2.21. The van der Waals surface area contributed by atoms with Crippen LogP contribution in [0.15, 0.2) is 18.2 Å². The van der Waals surface area contributed by atoms with Gasteiger partial charge in [0.2, 0.25) is 5.91 Å². The molecule has 1 saturated heterocycles. The van der Waals surface area contributed by atoms with E-state index in [2.05, 4.69) is 6.92 Å². The fourth-order valence-corrected chi connectivity index (χ4v) is 2.92. The molecule has 0 N–H and O–H groups in total. The maximum Gasteiger partial charge on any atom is 0.236 e. The Balaban J connectivity index is 1.88. The van der Waals surface area contributed by atoms with E-state index in [1.54, 1.807) is 6.07 Å². The Morgan fingerprint density at radius 2 is 2.27 bits per heavy atom. The summed E-state index contributed by atoms with van der Waals surface area (Å²) in [5, 5.41) is 0. The summed E-state index contributed by atoms with van der Waals surface area (Å²) < 4.78 is 18.6. The fourth-order valence-electron chi connectivity index (χ4n) is 2.92. The van der Waals surface area contributed by atoms with Crippen molar-refractivity contribution >= 4 is 5.91 Å². The Hall–Kier alpha value is -1.62. The second-order valence-corrected chi connectivity index (χ2v) is 6.23. The van der Waals surface area contributed by atoms with Gasteiger partial charge in [0.05, 0.1) is 13.7 Å². The molecule has 0 radical (unpaired) electrons. The van der Waals surface area contributed by atoms with Crippen LogP contribution in [0.25, 0.3) is 0 Å². The highest BCUT2D eigenvalue weighted by atomic mass is 19.1. The first-order valence-electron chi connectivity index (χ1n) is 7.78. The van der Waals surface area contributed by atoms with E-state index in [0.717, 1.165) is 25.1 Å². The van der Waals surface area contributed by atoms with Crippen LogP contribution in [0.5, 0.6) is 5.75 Å². The number of hydrogen-bond acceptors (Lipinski definition) is 3. The van der Waals surface area contributed by atoms with Gasteiger partial charge in [-0.25, -0.2) is 4.39 Å². The molecule has 0 saturated carbocycles. The highest BCUT2D eigenvalue weighted by Crippen LogP contribution is 2.19. The van der Waals surface area contributed by atoms with Gasteiger partial charge < -0.3 is 9.64 Å². The number of carbonyl (C=O) groups is 1. The Labute approximate surface area is 131 Å². The number of benzene rings is 1. The molecule has 0 spiro atoms. The Morgan fingerprint density at radius 3 is 2.91 bits per heavy atom. The number of piperidine rings is 1. The highest BCUT2D eigenvalue weighted by molar-refractivity contribution is 5.78. The maximum atomic E-state index is 13.7. The molecule has 0 bridgehead atoms. The molecular weight excluding hydrogens is 283 g/mol. The Kier molecular flexibility index (Phi) is 5.77. The van der Waals surface area contributed by atoms with E-state index >= 15 is 0 Å². The summed E-state index contributed by atoms with van der Waals surface area (Å²) in [4.78, 5) is 16.2. The van der Waals surface area contributed by atoms with Crippen LogP contribution in [0.1, 0.15) is 25.3 Å². The van der Waals surface area contributed by atoms with Gasteiger partial charge in [0.15, 0.2) is 11.6 Å². The molecule has 1 aliphatic heterocycles. The van der Waals surface area contributed by atoms with Crippen molar-refractivity contribution in [3.63, 3.8) is 0 Å². The molecule has 1 fully saturated rings. The predicted molar refractivity (Wildman–Crippen MR) is 84.3 cm³/mol. The van der Waals surface area contributed by atoms with Gasteiger partial charge in [-0.05, 0) is 43.5 Å². The van der Waals surface area contributed by atoms with E-state index < -0.39 is 0 Å². The van der Waals surface area contributed by atoms with Crippen LogP contribution in [0.4, 0.5) is 4.39 Å². The smallest absolute Gasteiger partial charge is 0.236 e. The van der Waals surface area contributed by atoms with Crippen molar-refractivity contribution in [2.24, 2.45) is 5.92 Å². The molecule has 1 atom stereocenters. The number of likely N-dealkylation sites (tertiary alicyclic amines) is 1. The van der Waals surface area contributed by atoms with E-state index in [9.17, 15) is 9.18 Å². The quantitative estimate of drug-likeness (QED) is 0.838. The minimum atomic E-state index is -0.371. The van der Waals surface area contributed by atoms with E-state index in [1.807, 2.05) is 22.9 Å².